The Kier molecular flexibility index (Phi) is 7.12. The largest absolute Gasteiger partial charge is 0.573 e. The lowest BCUT2D eigenvalue weighted by molar-refractivity contribution is -0.274. The van der Waals surface area contributed by atoms with Crippen molar-refractivity contribution in [3.8, 4) is 17.5 Å². The van der Waals surface area contributed by atoms with Crippen LogP contribution in [0.1, 0.15) is 41.7 Å². The predicted molar refractivity (Wildman–Crippen MR) is 135 cm³/mol. The zero-order valence-electron chi connectivity index (χ0n) is 20.9. The van der Waals surface area contributed by atoms with E-state index in [0.717, 1.165) is 24.1 Å². The van der Waals surface area contributed by atoms with Gasteiger partial charge in [0, 0.05) is 24.7 Å². The normalized spacial score (nSPS) is 18.5. The zero-order chi connectivity index (χ0) is 27.9. The van der Waals surface area contributed by atoms with Crippen LogP contribution in [0.15, 0.2) is 48.5 Å². The molecule has 1 aliphatic heterocycles. The van der Waals surface area contributed by atoms with Gasteiger partial charge in [-0.05, 0) is 55.5 Å². The highest BCUT2D eigenvalue weighted by molar-refractivity contribution is 6.30. The highest BCUT2D eigenvalue weighted by atomic mass is 35.5. The van der Waals surface area contributed by atoms with Gasteiger partial charge < -0.3 is 24.6 Å². The van der Waals surface area contributed by atoms with Gasteiger partial charge in [0.1, 0.15) is 11.5 Å². The third-order valence-electron chi connectivity index (χ3n) is 6.94. The number of aliphatic hydroxyl groups is 2. The molecule has 2 N–H and O–H groups in total. The Morgan fingerprint density at radius 1 is 1.15 bits per heavy atom. The molecule has 1 atom stereocenters. The Bertz CT molecular complexity index is 1360. The predicted octanol–water partition coefficient (Wildman–Crippen LogP) is 4.75. The topological polar surface area (TPSA) is 100 Å². The summed E-state index contributed by atoms with van der Waals surface area (Å²) in [6, 6.07) is 11.7. The Balaban J connectivity index is 1.51. The number of rotatable bonds is 8. The minimum absolute atomic E-state index is 0.00355. The van der Waals surface area contributed by atoms with Crippen LogP contribution in [0.4, 0.5) is 19.0 Å². The van der Waals surface area contributed by atoms with E-state index >= 15 is 0 Å². The molecule has 2 aliphatic rings. The van der Waals surface area contributed by atoms with E-state index in [4.69, 9.17) is 16.3 Å². The molecule has 1 amide bonds. The summed E-state index contributed by atoms with van der Waals surface area (Å²) in [4.78, 5) is 20.8. The Morgan fingerprint density at radius 2 is 1.85 bits per heavy atom. The van der Waals surface area contributed by atoms with Gasteiger partial charge >= 0.3 is 12.4 Å². The Hall–Kier alpha value is -3.48. The molecule has 39 heavy (non-hydrogen) atoms. The van der Waals surface area contributed by atoms with E-state index in [1.54, 1.807) is 31.3 Å². The number of alkyl halides is 3. The molecule has 0 radical (unpaired) electrons. The van der Waals surface area contributed by atoms with Crippen LogP contribution in [0.3, 0.4) is 0 Å². The lowest BCUT2D eigenvalue weighted by atomic mass is 9.78. The third-order valence-corrected chi connectivity index (χ3v) is 7.19. The maximum atomic E-state index is 13.7. The van der Waals surface area contributed by atoms with Gasteiger partial charge in [0.2, 0.25) is 6.35 Å². The maximum absolute atomic E-state index is 13.7. The molecule has 1 fully saturated rings. The van der Waals surface area contributed by atoms with Gasteiger partial charge in [-0.3, -0.25) is 14.3 Å². The second-order valence-electron chi connectivity index (χ2n) is 9.69. The fourth-order valence-electron chi connectivity index (χ4n) is 4.65. The summed E-state index contributed by atoms with van der Waals surface area (Å²) in [7, 11) is 1.56. The van der Waals surface area contributed by atoms with Crippen molar-refractivity contribution in [3.05, 3.63) is 64.8 Å². The van der Waals surface area contributed by atoms with Crippen molar-refractivity contribution in [2.24, 2.45) is 0 Å². The monoisotopic (exact) mass is 566 g/mol. The standard InChI is InChI=1S/C26H26ClF3N4O5/c1-32-21-20(22(35)33(24(32)36)13-12-25(37)10-3-11-25)34(15-16-6-8-17(27)9-7-16)23(31-21)38-18-4-2-5-19(14-18)39-26(28,29)30/h2,4-9,14,24,36-37H,3,10-13,15H2,1H3. The average Bonchev–Trinajstić information content (AvgIpc) is 3.20. The van der Waals surface area contributed by atoms with Crippen LogP contribution in [0.5, 0.6) is 17.5 Å². The van der Waals surface area contributed by atoms with Crippen molar-refractivity contribution in [2.45, 2.75) is 50.5 Å². The van der Waals surface area contributed by atoms with Crippen molar-refractivity contribution in [1.82, 2.24) is 14.5 Å². The van der Waals surface area contributed by atoms with Crippen molar-refractivity contribution in [2.75, 3.05) is 18.5 Å². The number of carbonyl (C=O) groups excluding carboxylic acids is 1. The van der Waals surface area contributed by atoms with E-state index in [9.17, 15) is 28.2 Å². The fourth-order valence-corrected chi connectivity index (χ4v) is 4.78. The smallest absolute Gasteiger partial charge is 0.425 e. The number of ether oxygens (including phenoxy) is 2. The van der Waals surface area contributed by atoms with Gasteiger partial charge in [0.25, 0.3) is 5.91 Å². The molecule has 3 aromatic rings. The van der Waals surface area contributed by atoms with Gasteiger partial charge in [-0.15, -0.1) is 13.2 Å². The number of aromatic nitrogens is 2. The summed E-state index contributed by atoms with van der Waals surface area (Å²) in [5, 5.41) is 22.0. The second-order valence-corrected chi connectivity index (χ2v) is 10.1. The SMILES string of the molecule is CN1c2nc(Oc3cccc(OC(F)(F)F)c3)n(Cc3ccc(Cl)cc3)c2C(=O)N(CCC2(O)CCC2)C1O. The second kappa shape index (κ2) is 10.2. The number of anilines is 1. The van der Waals surface area contributed by atoms with Gasteiger partial charge in [-0.2, -0.15) is 4.98 Å². The molecule has 9 nitrogen and oxygen atoms in total. The van der Waals surface area contributed by atoms with Crippen molar-refractivity contribution in [1.29, 1.82) is 0 Å². The summed E-state index contributed by atoms with van der Waals surface area (Å²) < 4.78 is 49.6. The van der Waals surface area contributed by atoms with E-state index in [1.165, 1.54) is 26.5 Å². The summed E-state index contributed by atoms with van der Waals surface area (Å²) in [5.74, 6) is -0.873. The maximum Gasteiger partial charge on any atom is 0.573 e. The number of imidazole rings is 1. The van der Waals surface area contributed by atoms with Crippen molar-refractivity contribution >= 4 is 23.3 Å². The molecular formula is C26H26ClF3N4O5. The first kappa shape index (κ1) is 27.1. The number of benzene rings is 2. The molecular weight excluding hydrogens is 541 g/mol. The van der Waals surface area contributed by atoms with Crippen LogP contribution in [-0.4, -0.2) is 62.5 Å². The van der Waals surface area contributed by atoms with Crippen molar-refractivity contribution in [3.63, 3.8) is 0 Å². The molecule has 2 aromatic carbocycles. The highest BCUT2D eigenvalue weighted by Gasteiger charge is 2.42. The summed E-state index contributed by atoms with van der Waals surface area (Å²) in [6.07, 6.45) is -3.75. The number of fused-ring (bicyclic) bond motifs is 1. The average molecular weight is 567 g/mol. The summed E-state index contributed by atoms with van der Waals surface area (Å²) >= 11 is 6.02. The van der Waals surface area contributed by atoms with E-state index in [2.05, 4.69) is 9.72 Å². The Labute approximate surface area is 226 Å². The highest BCUT2D eigenvalue weighted by Crippen LogP contribution is 2.38. The molecule has 0 bridgehead atoms. The van der Waals surface area contributed by atoms with Crippen LogP contribution in [0, 0.1) is 0 Å². The van der Waals surface area contributed by atoms with Crippen LogP contribution in [-0.2, 0) is 6.54 Å². The van der Waals surface area contributed by atoms with Crippen LogP contribution in [0.2, 0.25) is 5.02 Å². The van der Waals surface area contributed by atoms with E-state index in [1.807, 2.05) is 0 Å². The molecule has 0 spiro atoms. The molecule has 1 aromatic heterocycles. The number of hydrogen-bond donors (Lipinski definition) is 2. The molecule has 0 saturated heterocycles. The van der Waals surface area contributed by atoms with Gasteiger partial charge in [0.05, 0.1) is 12.1 Å². The molecule has 1 unspecified atom stereocenters. The third kappa shape index (κ3) is 5.77. The first-order valence-corrected chi connectivity index (χ1v) is 12.6. The number of hydrogen-bond acceptors (Lipinski definition) is 7. The van der Waals surface area contributed by atoms with Crippen LogP contribution in [0.25, 0.3) is 0 Å². The minimum atomic E-state index is -4.88. The zero-order valence-corrected chi connectivity index (χ0v) is 21.6. The van der Waals surface area contributed by atoms with E-state index in [0.29, 0.717) is 24.3 Å². The van der Waals surface area contributed by atoms with Gasteiger partial charge in [-0.25, -0.2) is 0 Å². The van der Waals surface area contributed by atoms with Crippen LogP contribution >= 0.6 is 11.6 Å². The fraction of sp³-hybridized carbons (Fsp3) is 0.385. The van der Waals surface area contributed by atoms with Crippen molar-refractivity contribution < 1.29 is 37.7 Å². The number of nitrogens with zero attached hydrogens (tertiary/aromatic N) is 4. The summed E-state index contributed by atoms with van der Waals surface area (Å²) in [6.45, 7) is 0.223. The lowest BCUT2D eigenvalue weighted by Crippen LogP contribution is -2.56. The van der Waals surface area contributed by atoms with Crippen LogP contribution < -0.4 is 14.4 Å². The first-order chi connectivity index (χ1) is 18.4. The number of carbonyl (C=O) groups is 1. The number of aliphatic hydroxyl groups excluding tert-OH is 1. The van der Waals surface area contributed by atoms with Gasteiger partial charge in [-0.1, -0.05) is 29.8 Å². The summed E-state index contributed by atoms with van der Waals surface area (Å²) in [5.41, 5.74) is 0.00624. The molecule has 2 heterocycles. The minimum Gasteiger partial charge on any atom is -0.425 e. The Morgan fingerprint density at radius 3 is 2.49 bits per heavy atom. The molecule has 1 saturated carbocycles. The van der Waals surface area contributed by atoms with Gasteiger partial charge in [0.15, 0.2) is 11.5 Å². The molecule has 13 heteroatoms. The number of halogens is 4. The number of amides is 1. The molecule has 1 aliphatic carbocycles. The molecule has 208 valence electrons. The molecule has 5 rings (SSSR count). The van der Waals surface area contributed by atoms with E-state index in [-0.39, 0.29) is 36.4 Å². The lowest BCUT2D eigenvalue weighted by Gasteiger charge is -2.42. The van der Waals surface area contributed by atoms with E-state index < -0.39 is 30.0 Å². The first-order valence-electron chi connectivity index (χ1n) is 12.3. The quantitative estimate of drug-likeness (QED) is 0.406.